The molecule has 0 aromatic rings. The highest BCUT2D eigenvalue weighted by Gasteiger charge is 1.98. The first-order valence-corrected chi connectivity index (χ1v) is 4.42. The van der Waals surface area contributed by atoms with Crippen LogP contribution in [0, 0.1) is 0 Å². The van der Waals surface area contributed by atoms with Crippen molar-refractivity contribution in [3.63, 3.8) is 0 Å². The van der Waals surface area contributed by atoms with Crippen LogP contribution in [0.1, 0.15) is 20.3 Å². The molecule has 0 aliphatic rings. The van der Waals surface area contributed by atoms with Gasteiger partial charge in [0.15, 0.2) is 0 Å². The van der Waals surface area contributed by atoms with Crippen LogP contribution >= 0.6 is 0 Å². The van der Waals surface area contributed by atoms with E-state index < -0.39 is 0 Å². The Labute approximate surface area is 81.1 Å². The fraction of sp³-hybridized carbons (Fsp3) is 0.333. The summed E-state index contributed by atoms with van der Waals surface area (Å²) in [6.45, 7) is 16.1. The maximum absolute atomic E-state index is 5.26. The minimum atomic E-state index is 0.741. The minimum absolute atomic E-state index is 0.741. The Bertz CT molecular complexity index is 234. The quantitative estimate of drug-likeness (QED) is 0.343. The van der Waals surface area contributed by atoms with Gasteiger partial charge >= 0.3 is 0 Å². The van der Waals surface area contributed by atoms with Gasteiger partial charge in [0.2, 0.25) is 0 Å². The van der Waals surface area contributed by atoms with E-state index in [2.05, 4.69) is 26.7 Å². The molecule has 0 aromatic heterocycles. The van der Waals surface area contributed by atoms with Crippen molar-refractivity contribution in [1.29, 1.82) is 0 Å². The predicted molar refractivity (Wildman–Crippen MR) is 58.5 cm³/mol. The molecule has 0 radical (unpaired) electrons. The molecule has 0 N–H and O–H groups in total. The highest BCUT2D eigenvalue weighted by Crippen LogP contribution is 2.15. The summed E-state index contributed by atoms with van der Waals surface area (Å²) in [5.74, 6) is 0. The normalized spacial score (nSPS) is 10.8. The molecule has 0 fully saturated rings. The van der Waals surface area contributed by atoms with Crippen molar-refractivity contribution < 1.29 is 4.74 Å². The molecule has 0 atom stereocenters. The molecular weight excluding hydrogens is 160 g/mol. The number of ether oxygens (including phenoxy) is 1. The van der Waals surface area contributed by atoms with Crippen LogP contribution in [0.3, 0.4) is 0 Å². The SMILES string of the molecule is C=CC(=C)C(=C)C(C)=COCCC. The second kappa shape index (κ2) is 6.30. The Morgan fingerprint density at radius 1 is 1.38 bits per heavy atom. The van der Waals surface area contributed by atoms with E-state index in [4.69, 9.17) is 4.74 Å². The maximum Gasteiger partial charge on any atom is 0.0870 e. The Balaban J connectivity index is 4.16. The molecule has 0 aromatic carbocycles. The van der Waals surface area contributed by atoms with Crippen LogP contribution in [0.5, 0.6) is 0 Å². The Kier molecular flexibility index (Phi) is 5.69. The van der Waals surface area contributed by atoms with Gasteiger partial charge in [-0.25, -0.2) is 0 Å². The van der Waals surface area contributed by atoms with Gasteiger partial charge in [-0.2, -0.15) is 0 Å². The molecule has 1 heteroatoms. The summed E-state index contributed by atoms with van der Waals surface area (Å²) in [6.07, 6.45) is 4.43. The van der Waals surface area contributed by atoms with Crippen molar-refractivity contribution in [2.75, 3.05) is 6.61 Å². The minimum Gasteiger partial charge on any atom is -0.501 e. The van der Waals surface area contributed by atoms with Crippen LogP contribution in [0.4, 0.5) is 0 Å². The molecule has 0 spiro atoms. The number of hydrogen-bond donors (Lipinski definition) is 0. The fourth-order valence-electron chi connectivity index (χ4n) is 0.749. The van der Waals surface area contributed by atoms with E-state index in [0.29, 0.717) is 0 Å². The summed E-state index contributed by atoms with van der Waals surface area (Å²) in [7, 11) is 0. The van der Waals surface area contributed by atoms with Crippen LogP contribution < -0.4 is 0 Å². The lowest BCUT2D eigenvalue weighted by molar-refractivity contribution is 0.247. The van der Waals surface area contributed by atoms with Gasteiger partial charge in [-0.3, -0.25) is 0 Å². The summed E-state index contributed by atoms with van der Waals surface area (Å²) in [5, 5.41) is 0. The van der Waals surface area contributed by atoms with Gasteiger partial charge in [0.05, 0.1) is 12.9 Å². The van der Waals surface area contributed by atoms with E-state index in [1.54, 1.807) is 12.3 Å². The fourth-order valence-corrected chi connectivity index (χ4v) is 0.749. The van der Waals surface area contributed by atoms with Crippen molar-refractivity contribution in [2.45, 2.75) is 20.3 Å². The average molecular weight is 178 g/mol. The number of allylic oxidation sites excluding steroid dienone is 4. The molecule has 13 heavy (non-hydrogen) atoms. The molecule has 0 saturated heterocycles. The zero-order valence-corrected chi connectivity index (χ0v) is 8.60. The summed E-state index contributed by atoms with van der Waals surface area (Å²) in [4.78, 5) is 0. The highest BCUT2D eigenvalue weighted by molar-refractivity contribution is 5.46. The van der Waals surface area contributed by atoms with E-state index in [-0.39, 0.29) is 0 Å². The van der Waals surface area contributed by atoms with Crippen molar-refractivity contribution >= 4 is 0 Å². The Morgan fingerprint density at radius 3 is 2.46 bits per heavy atom. The van der Waals surface area contributed by atoms with Crippen molar-refractivity contribution in [1.82, 2.24) is 0 Å². The maximum atomic E-state index is 5.26. The lowest BCUT2D eigenvalue weighted by atomic mass is 10.0. The van der Waals surface area contributed by atoms with Gasteiger partial charge in [0, 0.05) is 0 Å². The monoisotopic (exact) mass is 178 g/mol. The second-order valence-corrected chi connectivity index (χ2v) is 2.88. The largest absolute Gasteiger partial charge is 0.501 e. The van der Waals surface area contributed by atoms with Gasteiger partial charge in [0.25, 0.3) is 0 Å². The van der Waals surface area contributed by atoms with E-state index in [9.17, 15) is 0 Å². The highest BCUT2D eigenvalue weighted by atomic mass is 16.5. The zero-order chi connectivity index (χ0) is 10.3. The molecule has 0 rings (SSSR count). The lowest BCUT2D eigenvalue weighted by Crippen LogP contribution is -1.89. The predicted octanol–water partition coefficient (Wildman–Crippen LogP) is 3.62. The molecule has 0 aliphatic heterocycles. The first-order chi connectivity index (χ1) is 6.13. The molecule has 0 bridgehead atoms. The van der Waals surface area contributed by atoms with Gasteiger partial charge in [0.1, 0.15) is 0 Å². The topological polar surface area (TPSA) is 9.23 Å². The summed E-state index contributed by atoms with van der Waals surface area (Å²) in [5.41, 5.74) is 2.72. The van der Waals surface area contributed by atoms with Gasteiger partial charge < -0.3 is 4.74 Å². The first kappa shape index (κ1) is 11.8. The summed E-state index contributed by atoms with van der Waals surface area (Å²) >= 11 is 0. The van der Waals surface area contributed by atoms with Crippen LogP contribution in [-0.4, -0.2) is 6.61 Å². The smallest absolute Gasteiger partial charge is 0.0870 e. The third-order valence-electron chi connectivity index (χ3n) is 1.69. The van der Waals surface area contributed by atoms with Gasteiger partial charge in [-0.05, 0) is 30.1 Å². The molecule has 0 aliphatic carbocycles. The van der Waals surface area contributed by atoms with Crippen molar-refractivity contribution in [3.8, 4) is 0 Å². The van der Waals surface area contributed by atoms with Crippen LogP contribution in [-0.2, 0) is 4.74 Å². The molecule has 1 nitrogen and oxygen atoms in total. The molecule has 0 heterocycles. The Hall–Kier alpha value is -1.24. The van der Waals surface area contributed by atoms with Crippen molar-refractivity contribution in [2.24, 2.45) is 0 Å². The zero-order valence-electron chi connectivity index (χ0n) is 8.60. The van der Waals surface area contributed by atoms with Gasteiger partial charge in [-0.15, -0.1) is 0 Å². The molecular formula is C12H18O. The van der Waals surface area contributed by atoms with E-state index in [1.807, 2.05) is 6.92 Å². The molecule has 0 unspecified atom stereocenters. The number of hydrogen-bond acceptors (Lipinski definition) is 1. The average Bonchev–Trinajstić information content (AvgIpc) is 2.15. The van der Waals surface area contributed by atoms with Crippen molar-refractivity contribution in [3.05, 3.63) is 48.8 Å². The Morgan fingerprint density at radius 2 is 2.00 bits per heavy atom. The van der Waals surface area contributed by atoms with Gasteiger partial charge in [-0.1, -0.05) is 32.7 Å². The van der Waals surface area contributed by atoms with E-state index in [1.165, 1.54) is 0 Å². The first-order valence-electron chi connectivity index (χ1n) is 4.42. The summed E-state index contributed by atoms with van der Waals surface area (Å²) < 4.78 is 5.26. The van der Waals surface area contributed by atoms with Crippen LogP contribution in [0.25, 0.3) is 0 Å². The standard InChI is InChI=1S/C12H18O/c1-6-8-13-9-11(4)12(5)10(3)7-2/h7,9H,2-3,5-6,8H2,1,4H3. The van der Waals surface area contributed by atoms with Crippen LogP contribution in [0.2, 0.25) is 0 Å². The summed E-state index contributed by atoms with van der Waals surface area (Å²) in [6, 6.07) is 0. The second-order valence-electron chi connectivity index (χ2n) is 2.88. The molecule has 0 amide bonds. The van der Waals surface area contributed by atoms with E-state index in [0.717, 1.165) is 29.7 Å². The lowest BCUT2D eigenvalue weighted by Gasteiger charge is -2.05. The number of rotatable bonds is 6. The third kappa shape index (κ3) is 4.36. The van der Waals surface area contributed by atoms with Crippen LogP contribution in [0.15, 0.2) is 48.8 Å². The third-order valence-corrected chi connectivity index (χ3v) is 1.69. The molecule has 72 valence electrons. The molecule has 0 saturated carbocycles. The van der Waals surface area contributed by atoms with E-state index >= 15 is 0 Å².